The fraction of sp³-hybridized carbons (Fsp3) is 0.321. The summed E-state index contributed by atoms with van der Waals surface area (Å²) in [5, 5.41) is -0.941. The molecule has 2 saturated heterocycles. The molecule has 0 aromatic heterocycles. The Bertz CT molecular complexity index is 3250. The van der Waals surface area contributed by atoms with Crippen LogP contribution in [0.15, 0.2) is 199 Å². The molecule has 0 amide bonds. The SMILES string of the molecule is Cc1ccc([S+](c2ccccc2)c2ccccc2)cc1.Cc1ccc([S+](c2ccccc2)c2ccccc2)cc1.O=C(F)OC1C2CC3C1OS(=O)(=O)C3C2.O=C(F)OC1C2CC3C1OS(=O)(=O)C3C2.O=S(=O)([O-])CF.O=S(=O)([O-])CF.[Br-].[Na+]. The number of halogens is 5. The molecule has 12 rings (SSSR count). The third-order valence-electron chi connectivity index (χ3n) is 14.0. The van der Waals surface area contributed by atoms with Gasteiger partial charge in [0, 0.05) is 23.7 Å². The van der Waals surface area contributed by atoms with Gasteiger partial charge in [-0.2, -0.15) is 16.8 Å². The van der Waals surface area contributed by atoms with E-state index in [-0.39, 0.29) is 92.0 Å². The molecule has 4 bridgehead atoms. The summed E-state index contributed by atoms with van der Waals surface area (Å²) in [5.74, 6) is -0.377. The summed E-state index contributed by atoms with van der Waals surface area (Å²) in [7, 11) is -16.2. The van der Waals surface area contributed by atoms with Gasteiger partial charge in [0.05, 0.1) is 32.3 Å². The summed E-state index contributed by atoms with van der Waals surface area (Å²) >= 11 is 0. The van der Waals surface area contributed by atoms with Crippen LogP contribution >= 0.6 is 0 Å². The average molecular weight is 1360 g/mol. The Morgan fingerprint density at radius 1 is 0.488 bits per heavy atom. The van der Waals surface area contributed by atoms with Crippen molar-refractivity contribution in [3.05, 3.63) is 181 Å². The van der Waals surface area contributed by atoms with Crippen molar-refractivity contribution in [3.8, 4) is 0 Å². The van der Waals surface area contributed by atoms with Crippen molar-refractivity contribution in [3.63, 3.8) is 0 Å². The summed E-state index contributed by atoms with van der Waals surface area (Å²) in [6, 6.07) is 57.1. The molecule has 0 radical (unpaired) electrons. The van der Waals surface area contributed by atoms with Gasteiger partial charge in [-0.3, -0.25) is 8.37 Å². The molecule has 84 heavy (non-hydrogen) atoms. The summed E-state index contributed by atoms with van der Waals surface area (Å²) in [6.07, 6.45) is -4.35. The molecule has 448 valence electrons. The van der Waals surface area contributed by atoms with E-state index in [1.54, 1.807) is 0 Å². The van der Waals surface area contributed by atoms with Gasteiger partial charge in [0.25, 0.3) is 20.2 Å². The quantitative estimate of drug-likeness (QED) is 0.0463. The van der Waals surface area contributed by atoms with Crippen LogP contribution in [0.1, 0.15) is 36.8 Å². The monoisotopic (exact) mass is 1350 g/mol. The molecule has 4 saturated carbocycles. The zero-order valence-corrected chi connectivity index (χ0v) is 53.5. The molecule has 10 unspecified atom stereocenters. The van der Waals surface area contributed by atoms with E-state index in [4.69, 9.17) is 34.3 Å². The molecule has 2 aliphatic heterocycles. The van der Waals surface area contributed by atoms with Crippen LogP contribution in [0.2, 0.25) is 0 Å². The first-order chi connectivity index (χ1) is 38.8. The van der Waals surface area contributed by atoms with E-state index in [1.807, 2.05) is 0 Å². The normalized spacial score (nSPS) is 24.5. The summed E-state index contributed by atoms with van der Waals surface area (Å²) < 4.78 is 164. The van der Waals surface area contributed by atoms with Gasteiger partial charge in [0.1, 0.15) is 44.7 Å². The van der Waals surface area contributed by atoms with E-state index in [0.29, 0.717) is 25.7 Å². The molecule has 6 aromatic carbocycles. The molecule has 0 N–H and O–H groups in total. The molecule has 6 aliphatic rings. The van der Waals surface area contributed by atoms with Gasteiger partial charge in [-0.15, -0.1) is 8.78 Å². The molecule has 0 spiro atoms. The number of hydrogen-bond donors (Lipinski definition) is 0. The summed E-state index contributed by atoms with van der Waals surface area (Å²) in [6.45, 7) is 4.26. The number of ether oxygens (including phenoxy) is 2. The van der Waals surface area contributed by atoms with Gasteiger partial charge < -0.3 is 35.6 Å². The predicted octanol–water partition coefficient (Wildman–Crippen LogP) is 4.30. The Morgan fingerprint density at radius 2 is 0.726 bits per heavy atom. The van der Waals surface area contributed by atoms with E-state index in [0.717, 1.165) is 0 Å². The molecule has 16 nitrogen and oxygen atoms in total. The molecule has 28 heteroatoms. The van der Waals surface area contributed by atoms with Gasteiger partial charge in [0.2, 0.25) is 0 Å². The minimum atomic E-state index is -4.58. The number of hydrogen-bond acceptors (Lipinski definition) is 16. The predicted molar refractivity (Wildman–Crippen MR) is 294 cm³/mol. The van der Waals surface area contributed by atoms with Crippen LogP contribution in [0, 0.1) is 37.5 Å². The van der Waals surface area contributed by atoms with E-state index in [9.17, 15) is 44.0 Å². The van der Waals surface area contributed by atoms with Gasteiger partial charge in [-0.05, 0) is 112 Å². The standard InChI is InChI=1S/2C19H17S.2C8H9FO5S.2CH3FO3S.BrH.Na/c2*1-16-12-14-19(15-13-16)20(17-8-4-2-5-9-17)18-10-6-3-7-11-18;2*9-8(10)13-6-3-1-4-5(2-3)15(11,12)14-7(4)6;2*2-1-6(3,4)5;;/h2*2-15H,1H3;2*3-7H,1-2H2;2*1H2,(H,3,4,5);1H;/q2*+1;;;;;;+1/p-3. The van der Waals surface area contributed by atoms with Crippen LogP contribution in [0.5, 0.6) is 0 Å². The maximum Gasteiger partial charge on any atom is 1.00 e. The van der Waals surface area contributed by atoms with Gasteiger partial charge in [0.15, 0.2) is 41.4 Å². The second-order valence-corrected chi connectivity index (χ2v) is 29.7. The van der Waals surface area contributed by atoms with Crippen LogP contribution in [0.3, 0.4) is 0 Å². The number of aryl methyl sites for hydroxylation is 2. The van der Waals surface area contributed by atoms with Gasteiger partial charge in [-0.1, -0.05) is 108 Å². The Labute approximate surface area is 524 Å². The van der Waals surface area contributed by atoms with Crippen LogP contribution in [0.4, 0.5) is 27.2 Å². The van der Waals surface area contributed by atoms with Crippen molar-refractivity contribution < 1.29 is 134 Å². The summed E-state index contributed by atoms with van der Waals surface area (Å²) in [5.41, 5.74) is 2.61. The molecule has 10 atom stereocenters. The Kier molecular flexibility index (Phi) is 26.1. The maximum absolute atomic E-state index is 12.1. The van der Waals surface area contributed by atoms with Crippen LogP contribution in [0.25, 0.3) is 0 Å². The van der Waals surface area contributed by atoms with E-state index < -0.39 is 99.8 Å². The zero-order valence-electron chi connectivity index (χ0n) is 45.1. The molecule has 6 fully saturated rings. The van der Waals surface area contributed by atoms with Gasteiger partial charge >= 0.3 is 42.0 Å². The number of carbonyl (C=O) groups is 2. The van der Waals surface area contributed by atoms with E-state index in [2.05, 4.69) is 193 Å². The number of alkyl halides is 2. The minimum absolute atomic E-state index is 0. The van der Waals surface area contributed by atoms with Crippen molar-refractivity contribution in [1.82, 2.24) is 0 Å². The molecular formula is C56H56BrF4NaO16S6. The van der Waals surface area contributed by atoms with Crippen LogP contribution in [-0.4, -0.2) is 102 Å². The maximum atomic E-state index is 12.1. The number of benzene rings is 6. The van der Waals surface area contributed by atoms with E-state index >= 15 is 0 Å². The van der Waals surface area contributed by atoms with Crippen molar-refractivity contribution in [2.75, 3.05) is 12.0 Å². The molecule has 6 aromatic rings. The van der Waals surface area contributed by atoms with Crippen LogP contribution in [-0.2, 0) is 80.1 Å². The Morgan fingerprint density at radius 3 is 0.952 bits per heavy atom. The van der Waals surface area contributed by atoms with Crippen LogP contribution < -0.4 is 46.5 Å². The Balaban J connectivity index is 0.000000192. The van der Waals surface area contributed by atoms with E-state index in [1.165, 1.54) is 40.5 Å². The fourth-order valence-electron chi connectivity index (χ4n) is 10.7. The molecule has 4 aliphatic carbocycles. The average Bonchev–Trinajstić information content (AvgIpc) is 2.92. The minimum Gasteiger partial charge on any atom is -1.00 e. The first-order valence-corrected chi connectivity index (χ1v) is 33.7. The summed E-state index contributed by atoms with van der Waals surface area (Å²) in [4.78, 5) is 28.6. The first kappa shape index (κ1) is 70.6. The molecule has 2 heterocycles. The second-order valence-electron chi connectivity index (χ2n) is 19.4. The first-order valence-electron chi connectivity index (χ1n) is 25.2. The number of rotatable bonds is 10. The zero-order chi connectivity index (χ0) is 59.6. The third kappa shape index (κ3) is 18.9. The topological polar surface area (TPSA) is 254 Å². The van der Waals surface area contributed by atoms with Gasteiger partial charge in [-0.25, -0.2) is 35.2 Å². The largest absolute Gasteiger partial charge is 1.00 e. The smallest absolute Gasteiger partial charge is 1.00 e. The fourth-order valence-corrected chi connectivity index (χ4v) is 18.6. The number of fused-ring (bicyclic) bond motifs is 2. The third-order valence-corrected chi connectivity index (χ3v) is 22.5. The van der Waals surface area contributed by atoms with Crippen molar-refractivity contribution in [1.29, 1.82) is 0 Å². The van der Waals surface area contributed by atoms with Crippen molar-refractivity contribution in [2.45, 2.75) is 104 Å². The van der Waals surface area contributed by atoms with Crippen molar-refractivity contribution in [2.24, 2.45) is 23.7 Å². The number of carbonyl (C=O) groups excluding carboxylic acids is 2. The molecular weight excluding hydrogens is 1300 g/mol. The second kappa shape index (κ2) is 31.1. The Hall–Kier alpha value is -4.20. The van der Waals surface area contributed by atoms with Crippen molar-refractivity contribution >= 4 is 74.7 Å².